The van der Waals surface area contributed by atoms with Crippen LogP contribution in [-0.4, -0.2) is 69.4 Å². The molecule has 0 saturated heterocycles. The molecule has 0 spiro atoms. The number of halogens is 15. The molecule has 2 aromatic heterocycles. The quantitative estimate of drug-likeness (QED) is 0.160. The maximum atomic E-state index is 12.9. The molecule has 0 radical (unpaired) electrons. The van der Waals surface area contributed by atoms with Crippen molar-refractivity contribution >= 4 is 23.5 Å². The molecule has 16 nitrogen and oxygen atoms in total. The Morgan fingerprint density at radius 2 is 0.865 bits per heavy atom. The number of phosphoric acid groups is 3. The highest BCUT2D eigenvalue weighted by Crippen LogP contribution is 2.74. The zero-order valence-corrected chi connectivity index (χ0v) is 27.8. The molecule has 2 aromatic rings. The summed E-state index contributed by atoms with van der Waals surface area (Å²) in [6, 6.07) is 0. The van der Waals surface area contributed by atoms with E-state index in [2.05, 4.69) is 8.62 Å². The fourth-order valence-electron chi connectivity index (χ4n) is 2.42. The summed E-state index contributed by atoms with van der Waals surface area (Å²) in [6.07, 6.45) is -32.0. The van der Waals surface area contributed by atoms with Gasteiger partial charge >= 0.3 is 52.5 Å². The summed E-state index contributed by atoms with van der Waals surface area (Å²) in [7, 11) is -20.3. The summed E-state index contributed by atoms with van der Waals surface area (Å²) in [5, 5.41) is 17.0. The van der Waals surface area contributed by atoms with Crippen LogP contribution in [0.5, 0.6) is 0 Å². The highest BCUT2D eigenvalue weighted by molar-refractivity contribution is 7.66. The molecule has 0 aromatic carbocycles. The van der Waals surface area contributed by atoms with Crippen LogP contribution in [0, 0.1) is 0 Å². The minimum atomic E-state index is -8.55. The third kappa shape index (κ3) is 16.8. The molecule has 0 aliphatic rings. The first-order valence-corrected chi connectivity index (χ1v) is 16.7. The van der Waals surface area contributed by atoms with Crippen LogP contribution in [0.25, 0.3) is 0 Å². The molecule has 0 bridgehead atoms. The van der Waals surface area contributed by atoms with E-state index in [4.69, 9.17) is 10.2 Å². The highest BCUT2D eigenvalue weighted by atomic mass is 31.3. The van der Waals surface area contributed by atoms with E-state index in [9.17, 15) is 89.3 Å². The second-order valence-electron chi connectivity index (χ2n) is 8.90. The van der Waals surface area contributed by atoms with Crippen molar-refractivity contribution in [2.45, 2.75) is 49.9 Å². The largest absolute Gasteiger partial charge is 0.789 e. The van der Waals surface area contributed by atoms with E-state index in [-0.39, 0.29) is 13.2 Å². The van der Waals surface area contributed by atoms with E-state index in [0.29, 0.717) is 13.1 Å². The molecule has 1 atom stereocenters. The van der Waals surface area contributed by atoms with Crippen molar-refractivity contribution < 1.29 is 131 Å². The van der Waals surface area contributed by atoms with Gasteiger partial charge in [0.25, 0.3) is 0 Å². The van der Waals surface area contributed by atoms with Crippen LogP contribution in [0.1, 0.15) is 0 Å². The predicted molar refractivity (Wildman–Crippen MR) is 127 cm³/mol. The maximum absolute atomic E-state index is 12.9. The second kappa shape index (κ2) is 17.9. The van der Waals surface area contributed by atoms with E-state index in [1.54, 1.807) is 0 Å². The Morgan fingerprint density at radius 1 is 0.577 bits per heavy atom. The first kappa shape index (κ1) is 49.7. The topological polar surface area (TPSA) is 202 Å². The monoisotopic (exact) mass is 864 g/mol. The van der Waals surface area contributed by atoms with Gasteiger partial charge in [0.2, 0.25) is 12.7 Å². The Balaban J connectivity index is 0.00000115. The van der Waals surface area contributed by atoms with Crippen LogP contribution in [0.15, 0.2) is 37.4 Å². The van der Waals surface area contributed by atoms with Gasteiger partial charge in [0.1, 0.15) is 37.9 Å². The Morgan fingerprint density at radius 3 is 1.08 bits per heavy atom. The van der Waals surface area contributed by atoms with E-state index in [0.717, 1.165) is 0 Å². The number of hydrogen-bond donors (Lipinski definition) is 2. The molecule has 2 N–H and O–H groups in total. The normalized spacial score (nSPS) is 14.9. The molecule has 0 amide bonds. The van der Waals surface area contributed by atoms with Gasteiger partial charge in [-0.15, -0.1) is 0 Å². The molecule has 52 heavy (non-hydrogen) atoms. The second-order valence-corrected chi connectivity index (χ2v) is 13.4. The number of rotatable bonds is 14. The van der Waals surface area contributed by atoms with Crippen LogP contribution in [0.4, 0.5) is 65.9 Å². The number of aryl methyl sites for hydroxylation is 2. The van der Waals surface area contributed by atoms with Crippen LogP contribution in [0.3, 0.4) is 0 Å². The van der Waals surface area contributed by atoms with Gasteiger partial charge in [0.15, 0.2) is 0 Å². The Labute approximate surface area is 278 Å². The standard InChI is InChI=1S/C6H2F15O10P3.2C6H11N2O/c7-1(8,9)4(16,17)27-33(25,28-5(18,19)2(10,11)12)31-34(26,30-32(22,23)24)29-6(20,21)3(13,14)15;2*1-7-2-3-8(6-7)4-5-9/h(H2,22,23,24);2*2-3,6,9H,4-5H2,1H3/q;2*+1/p-2. The minimum Gasteiger partial charge on any atom is -0.789 e. The summed E-state index contributed by atoms with van der Waals surface area (Å²) in [6.45, 7) is 1.77. The number of alkyl halides is 15. The van der Waals surface area contributed by atoms with Gasteiger partial charge in [-0.1, -0.05) is 0 Å². The molecular weight excluding hydrogens is 842 g/mol. The van der Waals surface area contributed by atoms with Crippen molar-refractivity contribution in [3.05, 3.63) is 37.4 Å². The zero-order valence-electron chi connectivity index (χ0n) is 25.1. The van der Waals surface area contributed by atoms with Gasteiger partial charge in [-0.25, -0.2) is 41.0 Å². The van der Waals surface area contributed by atoms with E-state index >= 15 is 0 Å². The number of nitrogens with zero attached hydrogens (tertiary/aromatic N) is 4. The lowest BCUT2D eigenvalue weighted by Crippen LogP contribution is -2.42. The fourth-order valence-corrected chi connectivity index (χ4v) is 6.49. The Kier molecular flexibility index (Phi) is 17.1. The highest BCUT2D eigenvalue weighted by Gasteiger charge is 2.71. The summed E-state index contributed by atoms with van der Waals surface area (Å²) < 4.78 is 237. The number of aliphatic hydroxyl groups is 2. The number of imidazole rings is 2. The van der Waals surface area contributed by atoms with Gasteiger partial charge in [-0.3, -0.25) is 4.31 Å². The molecule has 0 saturated carbocycles. The van der Waals surface area contributed by atoms with E-state index in [1.165, 1.54) is 0 Å². The first-order valence-electron chi connectivity index (χ1n) is 12.3. The van der Waals surface area contributed by atoms with Gasteiger partial charge < -0.3 is 24.6 Å². The van der Waals surface area contributed by atoms with Crippen molar-refractivity contribution in [3.63, 3.8) is 0 Å². The third-order valence-electron chi connectivity index (χ3n) is 4.43. The van der Waals surface area contributed by atoms with Crippen LogP contribution >= 0.6 is 23.5 Å². The van der Waals surface area contributed by atoms with Gasteiger partial charge in [0, 0.05) is 0 Å². The SMILES string of the molecule is C[n+]1ccn(CCO)c1.C[n+]1ccn(CCO)c1.O=P([O-])([O-])OP(=O)(OC(F)(F)C(F)(F)F)OP(=O)(OC(F)(F)C(F)(F)F)OC(F)(F)C(F)(F)F. The van der Waals surface area contributed by atoms with Crippen molar-refractivity contribution in [1.82, 2.24) is 9.13 Å². The predicted octanol–water partition coefficient (Wildman–Crippen LogP) is 3.19. The van der Waals surface area contributed by atoms with Crippen LogP contribution in [-0.2, 0) is 63.1 Å². The van der Waals surface area contributed by atoms with Crippen molar-refractivity contribution in [1.29, 1.82) is 0 Å². The zero-order chi connectivity index (χ0) is 41.4. The summed E-state index contributed by atoms with van der Waals surface area (Å²) in [4.78, 5) is 20.6. The average Bonchev–Trinajstić information content (AvgIpc) is 3.47. The average molecular weight is 864 g/mol. The summed E-state index contributed by atoms with van der Waals surface area (Å²) in [5.41, 5.74) is 0. The van der Waals surface area contributed by atoms with Crippen molar-refractivity contribution in [3.8, 4) is 0 Å². The molecule has 0 fully saturated rings. The number of hydrogen-bond acceptors (Lipinski definition) is 12. The first-order chi connectivity index (χ1) is 22.9. The van der Waals surface area contributed by atoms with E-state index in [1.807, 2.05) is 83.4 Å². The van der Waals surface area contributed by atoms with Crippen LogP contribution < -0.4 is 18.9 Å². The summed E-state index contributed by atoms with van der Waals surface area (Å²) >= 11 is 0. The smallest absolute Gasteiger partial charge is 0.493 e. The molecule has 34 heteroatoms. The van der Waals surface area contributed by atoms with E-state index < -0.39 is 60.3 Å². The number of phosphoric ester groups is 1. The molecule has 0 aliphatic heterocycles. The summed E-state index contributed by atoms with van der Waals surface area (Å²) in [5.74, 6) is 0. The third-order valence-corrected chi connectivity index (χ3v) is 8.99. The number of aliphatic hydroxyl groups excluding tert-OH is 2. The maximum Gasteiger partial charge on any atom is 0.493 e. The molecule has 306 valence electrons. The van der Waals surface area contributed by atoms with Crippen molar-refractivity contribution in [2.75, 3.05) is 13.2 Å². The van der Waals surface area contributed by atoms with Gasteiger partial charge in [-0.2, -0.15) is 70.2 Å². The Bertz CT molecular complexity index is 1490. The molecule has 2 rings (SSSR count). The van der Waals surface area contributed by atoms with Crippen molar-refractivity contribution in [2.24, 2.45) is 14.1 Å². The molecule has 0 aliphatic carbocycles. The minimum absolute atomic E-state index is 0.203. The van der Waals surface area contributed by atoms with Gasteiger partial charge in [0.05, 0.1) is 35.1 Å². The lowest BCUT2D eigenvalue weighted by Gasteiger charge is -2.35. The lowest BCUT2D eigenvalue weighted by molar-refractivity contribution is -0.671. The lowest BCUT2D eigenvalue weighted by atomic mass is 10.6. The molecular formula is C18H22F15N4O12P3. The Hall–Kier alpha value is -2.30. The molecule has 2 heterocycles. The van der Waals surface area contributed by atoms with Gasteiger partial charge in [-0.05, 0) is 0 Å². The van der Waals surface area contributed by atoms with Crippen LogP contribution in [0.2, 0.25) is 0 Å². The fraction of sp³-hybridized carbons (Fsp3) is 0.667. The molecule has 1 unspecified atom stereocenters. The number of aromatic nitrogens is 4.